The maximum absolute atomic E-state index is 12.4. The van der Waals surface area contributed by atoms with Gasteiger partial charge in [-0.2, -0.15) is 5.10 Å². The van der Waals surface area contributed by atoms with Gasteiger partial charge >= 0.3 is 0 Å². The van der Waals surface area contributed by atoms with Crippen LogP contribution in [0.1, 0.15) is 18.4 Å². The molecule has 0 bridgehead atoms. The predicted octanol–water partition coefficient (Wildman–Crippen LogP) is 1.38. The van der Waals surface area contributed by atoms with E-state index in [0.717, 1.165) is 35.1 Å². The monoisotopic (exact) mass is 389 g/mol. The summed E-state index contributed by atoms with van der Waals surface area (Å²) in [6.45, 7) is 1.75. The second kappa shape index (κ2) is 6.37. The van der Waals surface area contributed by atoms with Crippen LogP contribution in [0, 0.1) is 0 Å². The molecule has 2 aliphatic rings. The van der Waals surface area contributed by atoms with Crippen LogP contribution in [-0.2, 0) is 27.1 Å². The normalized spacial score (nSPS) is 21.5. The minimum absolute atomic E-state index is 0.0400. The number of aryl methyl sites for hydroxylation is 1. The SMILES string of the molecule is Cn1cc(-c2ccc3c(c2)C2(CCN(C(=O)CCS(C)(=O)=O)C2)CO3)cn1. The van der Waals surface area contributed by atoms with Crippen LogP contribution in [0.4, 0.5) is 0 Å². The molecule has 2 aromatic rings. The molecular formula is C19H23N3O4S. The smallest absolute Gasteiger partial charge is 0.223 e. The van der Waals surface area contributed by atoms with Crippen LogP contribution in [0.15, 0.2) is 30.6 Å². The predicted molar refractivity (Wildman–Crippen MR) is 101 cm³/mol. The van der Waals surface area contributed by atoms with Gasteiger partial charge in [-0.05, 0) is 24.1 Å². The fourth-order valence-corrected chi connectivity index (χ4v) is 4.51. The number of sulfone groups is 1. The first-order valence-electron chi connectivity index (χ1n) is 8.98. The molecule has 4 rings (SSSR count). The van der Waals surface area contributed by atoms with Gasteiger partial charge in [-0.25, -0.2) is 8.42 Å². The van der Waals surface area contributed by atoms with Gasteiger partial charge in [-0.15, -0.1) is 0 Å². The number of rotatable bonds is 4. The number of carbonyl (C=O) groups is 1. The molecule has 1 atom stereocenters. The van der Waals surface area contributed by atoms with Crippen molar-refractivity contribution in [3.05, 3.63) is 36.2 Å². The highest BCUT2D eigenvalue weighted by molar-refractivity contribution is 7.90. The highest BCUT2D eigenvalue weighted by Crippen LogP contribution is 2.46. The van der Waals surface area contributed by atoms with Gasteiger partial charge in [0, 0.05) is 50.1 Å². The third-order valence-electron chi connectivity index (χ3n) is 5.49. The van der Waals surface area contributed by atoms with Crippen molar-refractivity contribution in [2.24, 2.45) is 7.05 Å². The highest BCUT2D eigenvalue weighted by Gasteiger charge is 2.47. The number of hydrogen-bond acceptors (Lipinski definition) is 5. The molecule has 2 aliphatic heterocycles. The Kier molecular flexibility index (Phi) is 4.25. The van der Waals surface area contributed by atoms with Gasteiger partial charge in [-0.1, -0.05) is 6.07 Å². The van der Waals surface area contributed by atoms with Crippen molar-refractivity contribution < 1.29 is 17.9 Å². The average Bonchev–Trinajstić information content (AvgIpc) is 3.33. The second-order valence-corrected chi connectivity index (χ2v) is 9.89. The Morgan fingerprint density at radius 2 is 2.15 bits per heavy atom. The summed E-state index contributed by atoms with van der Waals surface area (Å²) < 4.78 is 30.4. The highest BCUT2D eigenvalue weighted by atomic mass is 32.2. The van der Waals surface area contributed by atoms with Gasteiger partial charge < -0.3 is 9.64 Å². The fraction of sp³-hybridized carbons (Fsp3) is 0.474. The van der Waals surface area contributed by atoms with Gasteiger partial charge in [0.1, 0.15) is 15.6 Å². The Labute approximate surface area is 158 Å². The van der Waals surface area contributed by atoms with Crippen LogP contribution in [0.2, 0.25) is 0 Å². The van der Waals surface area contributed by atoms with E-state index >= 15 is 0 Å². The molecular weight excluding hydrogens is 366 g/mol. The van der Waals surface area contributed by atoms with E-state index in [1.54, 1.807) is 9.58 Å². The van der Waals surface area contributed by atoms with E-state index in [1.165, 1.54) is 0 Å². The number of nitrogens with zero attached hydrogens (tertiary/aromatic N) is 3. The molecule has 1 fully saturated rings. The fourth-order valence-electron chi connectivity index (χ4n) is 3.97. The van der Waals surface area contributed by atoms with E-state index in [0.29, 0.717) is 19.7 Å². The number of carbonyl (C=O) groups excluding carboxylic acids is 1. The first-order chi connectivity index (χ1) is 12.8. The van der Waals surface area contributed by atoms with Crippen molar-refractivity contribution >= 4 is 15.7 Å². The molecule has 8 heteroatoms. The maximum Gasteiger partial charge on any atom is 0.223 e. The first-order valence-corrected chi connectivity index (χ1v) is 11.0. The molecule has 1 saturated heterocycles. The third kappa shape index (κ3) is 3.45. The summed E-state index contributed by atoms with van der Waals surface area (Å²) in [5.41, 5.74) is 3.03. The average molecular weight is 389 g/mol. The van der Waals surface area contributed by atoms with E-state index in [2.05, 4.69) is 11.2 Å². The summed E-state index contributed by atoms with van der Waals surface area (Å²) in [6, 6.07) is 6.16. The van der Waals surface area contributed by atoms with Gasteiger partial charge in [0.15, 0.2) is 0 Å². The first kappa shape index (κ1) is 18.0. The Hall–Kier alpha value is -2.35. The van der Waals surface area contributed by atoms with E-state index < -0.39 is 9.84 Å². The molecule has 0 saturated carbocycles. The van der Waals surface area contributed by atoms with Crippen LogP contribution in [0.5, 0.6) is 5.75 Å². The molecule has 1 aromatic heterocycles. The Bertz CT molecular complexity index is 998. The minimum atomic E-state index is -3.14. The van der Waals surface area contributed by atoms with Crippen molar-refractivity contribution in [2.75, 3.05) is 31.7 Å². The van der Waals surface area contributed by atoms with Crippen molar-refractivity contribution in [3.8, 4) is 16.9 Å². The molecule has 1 spiro atoms. The van der Waals surface area contributed by atoms with Crippen molar-refractivity contribution in [2.45, 2.75) is 18.3 Å². The Morgan fingerprint density at radius 1 is 1.33 bits per heavy atom. The molecule has 7 nitrogen and oxygen atoms in total. The number of amides is 1. The largest absolute Gasteiger partial charge is 0.492 e. The number of likely N-dealkylation sites (tertiary alicyclic amines) is 1. The van der Waals surface area contributed by atoms with Crippen LogP contribution in [0.25, 0.3) is 11.1 Å². The van der Waals surface area contributed by atoms with Gasteiger partial charge in [0.2, 0.25) is 5.91 Å². The molecule has 0 aliphatic carbocycles. The number of aromatic nitrogens is 2. The summed E-state index contributed by atoms with van der Waals surface area (Å²) >= 11 is 0. The number of hydrogen-bond donors (Lipinski definition) is 0. The summed E-state index contributed by atoms with van der Waals surface area (Å²) in [6.07, 6.45) is 5.83. The van der Waals surface area contributed by atoms with Gasteiger partial charge in [0.05, 0.1) is 24.0 Å². The lowest BCUT2D eigenvalue weighted by molar-refractivity contribution is -0.129. The molecule has 144 valence electrons. The van der Waals surface area contributed by atoms with Crippen LogP contribution in [0.3, 0.4) is 0 Å². The van der Waals surface area contributed by atoms with Crippen LogP contribution < -0.4 is 4.74 Å². The van der Waals surface area contributed by atoms with E-state index in [9.17, 15) is 13.2 Å². The lowest BCUT2D eigenvalue weighted by Gasteiger charge is -2.23. The summed E-state index contributed by atoms with van der Waals surface area (Å²) in [5, 5.41) is 4.23. The standard InChI is InChI=1S/C19H23N3O4S/c1-21-11-15(10-20-21)14-3-4-17-16(9-14)19(13-26-17)6-7-22(12-19)18(23)5-8-27(2,24)25/h3-4,9-11H,5-8,12-13H2,1-2H3. The molecule has 0 N–H and O–H groups in total. The van der Waals surface area contributed by atoms with E-state index in [4.69, 9.17) is 4.74 Å². The zero-order chi connectivity index (χ0) is 19.2. The zero-order valence-electron chi connectivity index (χ0n) is 15.5. The van der Waals surface area contributed by atoms with Crippen molar-refractivity contribution in [1.29, 1.82) is 0 Å². The summed E-state index contributed by atoms with van der Waals surface area (Å²) in [7, 11) is -1.25. The quantitative estimate of drug-likeness (QED) is 0.789. The molecule has 3 heterocycles. The summed E-state index contributed by atoms with van der Waals surface area (Å²) in [5.74, 6) is 0.662. The molecule has 1 amide bonds. The molecule has 27 heavy (non-hydrogen) atoms. The maximum atomic E-state index is 12.4. The van der Waals surface area contributed by atoms with Gasteiger partial charge in [0.25, 0.3) is 0 Å². The lowest BCUT2D eigenvalue weighted by Crippen LogP contribution is -2.36. The van der Waals surface area contributed by atoms with Crippen molar-refractivity contribution in [1.82, 2.24) is 14.7 Å². The second-order valence-electron chi connectivity index (χ2n) is 7.63. The Morgan fingerprint density at radius 3 is 2.85 bits per heavy atom. The number of fused-ring (bicyclic) bond motifs is 2. The topological polar surface area (TPSA) is 81.5 Å². The molecule has 1 aromatic carbocycles. The van der Waals surface area contributed by atoms with E-state index in [1.807, 2.05) is 31.6 Å². The van der Waals surface area contributed by atoms with Crippen LogP contribution >= 0.6 is 0 Å². The number of benzene rings is 1. The molecule has 0 radical (unpaired) electrons. The van der Waals surface area contributed by atoms with Crippen LogP contribution in [-0.4, -0.2) is 60.7 Å². The number of ether oxygens (including phenoxy) is 1. The Balaban J connectivity index is 1.56. The van der Waals surface area contributed by atoms with Crippen molar-refractivity contribution in [3.63, 3.8) is 0 Å². The minimum Gasteiger partial charge on any atom is -0.492 e. The lowest BCUT2D eigenvalue weighted by atomic mass is 9.81. The van der Waals surface area contributed by atoms with Gasteiger partial charge in [-0.3, -0.25) is 9.48 Å². The summed E-state index contributed by atoms with van der Waals surface area (Å²) in [4.78, 5) is 14.2. The van der Waals surface area contributed by atoms with E-state index in [-0.39, 0.29) is 23.5 Å². The zero-order valence-corrected chi connectivity index (χ0v) is 16.3. The third-order valence-corrected chi connectivity index (χ3v) is 6.43. The molecule has 1 unspecified atom stereocenters.